The van der Waals surface area contributed by atoms with Crippen LogP contribution in [-0.4, -0.2) is 11.5 Å². The van der Waals surface area contributed by atoms with Gasteiger partial charge < -0.3 is 4.79 Å². The Morgan fingerprint density at radius 2 is 2.24 bits per heavy atom. The molecule has 0 aromatic heterocycles. The first-order valence-electron chi connectivity index (χ1n) is 5.99. The van der Waals surface area contributed by atoms with E-state index in [4.69, 9.17) is 0 Å². The van der Waals surface area contributed by atoms with Gasteiger partial charge in [0.25, 0.3) is 0 Å². The Bertz CT molecular complexity index is 365. The molecule has 1 aromatic rings. The second-order valence-corrected chi connectivity index (χ2v) is 5.44. The highest BCUT2D eigenvalue weighted by Gasteiger charge is 2.09. The number of thioether (sulfide) groups is 1. The molecular weight excluding hydrogens is 235 g/mol. The van der Waals surface area contributed by atoms with Crippen molar-refractivity contribution in [3.63, 3.8) is 0 Å². The maximum atomic E-state index is 12.9. The van der Waals surface area contributed by atoms with Crippen LogP contribution < -0.4 is 0 Å². The van der Waals surface area contributed by atoms with Crippen molar-refractivity contribution < 1.29 is 9.18 Å². The van der Waals surface area contributed by atoms with Crippen molar-refractivity contribution in [2.75, 3.05) is 5.75 Å². The first-order chi connectivity index (χ1) is 8.11. The fraction of sp³-hybridized carbons (Fsp3) is 0.500. The monoisotopic (exact) mass is 254 g/mol. The van der Waals surface area contributed by atoms with Crippen LogP contribution in [-0.2, 0) is 4.79 Å². The van der Waals surface area contributed by atoms with E-state index in [1.54, 1.807) is 30.8 Å². The molecule has 94 valence electrons. The van der Waals surface area contributed by atoms with E-state index < -0.39 is 0 Å². The van der Waals surface area contributed by atoms with Gasteiger partial charge in [-0.2, -0.15) is 0 Å². The summed E-state index contributed by atoms with van der Waals surface area (Å²) in [5.41, 5.74) is 0. The third kappa shape index (κ3) is 5.87. The number of carbonyl (C=O) groups excluding carboxylic acids is 1. The molecule has 1 nitrogen and oxygen atoms in total. The van der Waals surface area contributed by atoms with Crippen LogP contribution in [0.25, 0.3) is 0 Å². The summed E-state index contributed by atoms with van der Waals surface area (Å²) in [4.78, 5) is 12.0. The van der Waals surface area contributed by atoms with Gasteiger partial charge in [0.05, 0.1) is 0 Å². The molecule has 1 aromatic carbocycles. The van der Waals surface area contributed by atoms with E-state index in [0.717, 1.165) is 23.5 Å². The smallest absolute Gasteiger partial charge is 0.130 e. The average Bonchev–Trinajstić information content (AvgIpc) is 2.27. The zero-order valence-electron chi connectivity index (χ0n) is 10.4. The maximum Gasteiger partial charge on any atom is 0.130 e. The molecule has 3 heteroatoms. The predicted octanol–water partition coefficient (Wildman–Crippen LogP) is 4.31. The summed E-state index contributed by atoms with van der Waals surface area (Å²) in [6, 6.07) is 6.65. The van der Waals surface area contributed by atoms with E-state index in [-0.39, 0.29) is 11.6 Å². The molecule has 17 heavy (non-hydrogen) atoms. The Morgan fingerprint density at radius 3 is 2.82 bits per heavy atom. The minimum atomic E-state index is -0.189. The van der Waals surface area contributed by atoms with Crippen molar-refractivity contribution in [3.8, 4) is 0 Å². The molecule has 0 heterocycles. The van der Waals surface area contributed by atoms with Gasteiger partial charge in [-0.15, -0.1) is 11.8 Å². The van der Waals surface area contributed by atoms with Gasteiger partial charge in [0, 0.05) is 11.3 Å². The molecule has 0 N–H and O–H groups in total. The van der Waals surface area contributed by atoms with Crippen molar-refractivity contribution in [2.24, 2.45) is 5.92 Å². The molecule has 0 aliphatic heterocycles. The number of ketones is 1. The number of hydrogen-bond donors (Lipinski definition) is 0. The lowest BCUT2D eigenvalue weighted by Crippen LogP contribution is -2.05. The highest BCUT2D eigenvalue weighted by atomic mass is 32.2. The number of Topliss-reactive ketones (excluding diaryl/α,β-unsaturated/α-hetero) is 1. The van der Waals surface area contributed by atoms with Crippen molar-refractivity contribution in [2.45, 2.75) is 38.0 Å². The minimum absolute atomic E-state index is 0.189. The Morgan fingerprint density at radius 1 is 1.47 bits per heavy atom. The third-order valence-electron chi connectivity index (χ3n) is 2.74. The van der Waals surface area contributed by atoms with Crippen molar-refractivity contribution in [3.05, 3.63) is 30.1 Å². The third-order valence-corrected chi connectivity index (χ3v) is 3.77. The van der Waals surface area contributed by atoms with Gasteiger partial charge in [-0.1, -0.05) is 19.4 Å². The highest BCUT2D eigenvalue weighted by Crippen LogP contribution is 2.23. The van der Waals surface area contributed by atoms with Crippen LogP contribution in [0.3, 0.4) is 0 Å². The van der Waals surface area contributed by atoms with Gasteiger partial charge in [-0.25, -0.2) is 4.39 Å². The lowest BCUT2D eigenvalue weighted by molar-refractivity contribution is -0.117. The SMILES string of the molecule is CCC(CCSc1cccc(F)c1)CC(C)=O. The Hall–Kier alpha value is -0.830. The topological polar surface area (TPSA) is 17.1 Å². The molecule has 0 fully saturated rings. The number of benzene rings is 1. The van der Waals surface area contributed by atoms with Crippen molar-refractivity contribution in [1.29, 1.82) is 0 Å². The lowest BCUT2D eigenvalue weighted by atomic mass is 9.97. The molecule has 0 amide bonds. The standard InChI is InChI=1S/C14H19FOS/c1-3-12(9-11(2)16)7-8-17-14-6-4-5-13(15)10-14/h4-6,10,12H,3,7-9H2,1-2H3. The first-order valence-corrected chi connectivity index (χ1v) is 6.98. The quantitative estimate of drug-likeness (QED) is 0.674. The van der Waals surface area contributed by atoms with E-state index in [9.17, 15) is 9.18 Å². The van der Waals surface area contributed by atoms with Crippen molar-refractivity contribution >= 4 is 17.5 Å². The first kappa shape index (κ1) is 14.2. The molecule has 0 bridgehead atoms. The zero-order valence-corrected chi connectivity index (χ0v) is 11.2. The van der Waals surface area contributed by atoms with Gasteiger partial charge in [0.15, 0.2) is 0 Å². The summed E-state index contributed by atoms with van der Waals surface area (Å²) < 4.78 is 12.9. The molecule has 1 unspecified atom stereocenters. The van der Waals surface area contributed by atoms with Gasteiger partial charge in [-0.05, 0) is 43.2 Å². The van der Waals surface area contributed by atoms with Crippen LogP contribution in [0.1, 0.15) is 33.1 Å². The van der Waals surface area contributed by atoms with E-state index in [1.807, 2.05) is 6.07 Å². The lowest BCUT2D eigenvalue weighted by Gasteiger charge is -2.12. The van der Waals surface area contributed by atoms with E-state index >= 15 is 0 Å². The Kier molecular flexibility index (Phi) is 6.27. The van der Waals surface area contributed by atoms with E-state index in [2.05, 4.69) is 6.92 Å². The predicted molar refractivity (Wildman–Crippen MR) is 70.8 cm³/mol. The highest BCUT2D eigenvalue weighted by molar-refractivity contribution is 7.99. The summed E-state index contributed by atoms with van der Waals surface area (Å²) in [5, 5.41) is 0. The largest absolute Gasteiger partial charge is 0.300 e. The van der Waals surface area contributed by atoms with E-state index in [0.29, 0.717) is 12.3 Å². The molecule has 0 saturated heterocycles. The van der Waals surface area contributed by atoms with Crippen LogP contribution >= 0.6 is 11.8 Å². The summed E-state index contributed by atoms with van der Waals surface area (Å²) in [6.07, 6.45) is 2.71. The number of rotatable bonds is 7. The van der Waals surface area contributed by atoms with E-state index in [1.165, 1.54) is 6.07 Å². The van der Waals surface area contributed by atoms with Crippen LogP contribution in [0.5, 0.6) is 0 Å². The molecule has 0 aliphatic carbocycles. The minimum Gasteiger partial charge on any atom is -0.300 e. The zero-order chi connectivity index (χ0) is 12.7. The normalized spacial score (nSPS) is 12.4. The van der Waals surface area contributed by atoms with Crippen molar-refractivity contribution in [1.82, 2.24) is 0 Å². The van der Waals surface area contributed by atoms with Crippen LogP contribution in [0.2, 0.25) is 0 Å². The molecule has 1 atom stereocenters. The van der Waals surface area contributed by atoms with Gasteiger partial charge in [-0.3, -0.25) is 0 Å². The fourth-order valence-electron chi connectivity index (χ4n) is 1.76. The van der Waals surface area contributed by atoms with Gasteiger partial charge in [0.1, 0.15) is 11.6 Å². The second kappa shape index (κ2) is 7.49. The summed E-state index contributed by atoms with van der Waals surface area (Å²) in [5.74, 6) is 1.47. The molecule has 0 radical (unpaired) electrons. The van der Waals surface area contributed by atoms with Crippen LogP contribution in [0, 0.1) is 11.7 Å². The van der Waals surface area contributed by atoms with Crippen LogP contribution in [0.15, 0.2) is 29.2 Å². The molecular formula is C14H19FOS. The molecule has 0 saturated carbocycles. The number of halogens is 1. The maximum absolute atomic E-state index is 12.9. The summed E-state index contributed by atoms with van der Waals surface area (Å²) in [6.45, 7) is 3.75. The number of hydrogen-bond acceptors (Lipinski definition) is 2. The Balaban J connectivity index is 2.33. The number of carbonyl (C=O) groups is 1. The van der Waals surface area contributed by atoms with Gasteiger partial charge in [0.2, 0.25) is 0 Å². The second-order valence-electron chi connectivity index (χ2n) is 4.27. The molecule has 0 spiro atoms. The summed E-state index contributed by atoms with van der Waals surface area (Å²) in [7, 11) is 0. The van der Waals surface area contributed by atoms with Gasteiger partial charge >= 0.3 is 0 Å². The summed E-state index contributed by atoms with van der Waals surface area (Å²) >= 11 is 1.65. The Labute approximate surface area is 107 Å². The fourth-order valence-corrected chi connectivity index (χ4v) is 2.81. The average molecular weight is 254 g/mol. The molecule has 1 rings (SSSR count). The van der Waals surface area contributed by atoms with Crippen LogP contribution in [0.4, 0.5) is 4.39 Å². The molecule has 0 aliphatic rings.